The predicted octanol–water partition coefficient (Wildman–Crippen LogP) is 3.97. The molecule has 0 aliphatic rings. The van der Waals surface area contributed by atoms with Crippen LogP contribution in [0.4, 0.5) is 0 Å². The summed E-state index contributed by atoms with van der Waals surface area (Å²) in [5.74, 6) is 1.36. The van der Waals surface area contributed by atoms with Crippen LogP contribution in [0.1, 0.15) is 19.7 Å². The average molecular weight is 429 g/mol. The molecule has 1 N–H and O–H groups in total. The molecule has 0 saturated heterocycles. The van der Waals surface area contributed by atoms with Crippen LogP contribution in [0.2, 0.25) is 5.02 Å². The predicted molar refractivity (Wildman–Crippen MR) is 121 cm³/mol. The second-order valence-corrected chi connectivity index (χ2v) is 8.96. The van der Waals surface area contributed by atoms with Gasteiger partial charge in [-0.2, -0.15) is 0 Å². The molecule has 3 aromatic rings. The summed E-state index contributed by atoms with van der Waals surface area (Å²) in [5, 5.41) is 3.72. The van der Waals surface area contributed by atoms with Gasteiger partial charge >= 0.3 is 0 Å². The summed E-state index contributed by atoms with van der Waals surface area (Å²) >= 11 is 5.94. The van der Waals surface area contributed by atoms with Crippen molar-refractivity contribution in [2.24, 2.45) is 5.41 Å². The number of hydrogen-bond donors (Lipinski definition) is 1. The summed E-state index contributed by atoms with van der Waals surface area (Å²) in [6, 6.07) is 15.0. The van der Waals surface area contributed by atoms with Crippen molar-refractivity contribution in [1.82, 2.24) is 19.8 Å². The van der Waals surface area contributed by atoms with Crippen molar-refractivity contribution in [3.8, 4) is 5.75 Å². The highest BCUT2D eigenvalue weighted by Gasteiger charge is 2.21. The van der Waals surface area contributed by atoms with Crippen molar-refractivity contribution in [2.45, 2.75) is 27.0 Å². The lowest BCUT2D eigenvalue weighted by atomic mass is 9.93. The molecule has 0 radical (unpaired) electrons. The van der Waals surface area contributed by atoms with E-state index < -0.39 is 0 Å². The lowest BCUT2D eigenvalue weighted by Gasteiger charge is -2.28. The van der Waals surface area contributed by atoms with E-state index in [1.54, 1.807) is 12.1 Å². The molecule has 2 aromatic carbocycles. The van der Waals surface area contributed by atoms with E-state index in [9.17, 15) is 4.79 Å². The van der Waals surface area contributed by atoms with Crippen LogP contribution in [0.5, 0.6) is 5.75 Å². The van der Waals surface area contributed by atoms with Crippen LogP contribution < -0.4 is 10.1 Å². The Morgan fingerprint density at radius 3 is 2.57 bits per heavy atom. The summed E-state index contributed by atoms with van der Waals surface area (Å²) in [4.78, 5) is 19.5. The third-order valence-electron chi connectivity index (χ3n) is 4.73. The number of para-hydroxylation sites is 2. The third kappa shape index (κ3) is 5.97. The molecule has 30 heavy (non-hydrogen) atoms. The minimum Gasteiger partial charge on any atom is -0.486 e. The highest BCUT2D eigenvalue weighted by molar-refractivity contribution is 6.30. The molecular formula is C23H29ClN4O2. The van der Waals surface area contributed by atoms with Gasteiger partial charge in [-0.15, -0.1) is 0 Å². The summed E-state index contributed by atoms with van der Waals surface area (Å²) in [7, 11) is 4.07. The number of ether oxygens (including phenoxy) is 1. The zero-order valence-electron chi connectivity index (χ0n) is 18.0. The van der Waals surface area contributed by atoms with Gasteiger partial charge in [0.2, 0.25) is 5.91 Å². The van der Waals surface area contributed by atoms with Gasteiger partial charge in [-0.05, 0) is 55.9 Å². The molecule has 0 aliphatic heterocycles. The van der Waals surface area contributed by atoms with Gasteiger partial charge < -0.3 is 19.5 Å². The van der Waals surface area contributed by atoms with Crippen molar-refractivity contribution in [1.29, 1.82) is 0 Å². The number of nitrogens with zero attached hydrogens (tertiary/aromatic N) is 3. The Labute approximate surface area is 182 Å². The van der Waals surface area contributed by atoms with Gasteiger partial charge in [-0.25, -0.2) is 4.98 Å². The third-order valence-corrected chi connectivity index (χ3v) is 4.98. The molecule has 1 amide bonds. The van der Waals surface area contributed by atoms with Crippen molar-refractivity contribution in [3.05, 3.63) is 59.4 Å². The molecule has 0 spiro atoms. The van der Waals surface area contributed by atoms with Crippen LogP contribution in [0.3, 0.4) is 0 Å². The lowest BCUT2D eigenvalue weighted by molar-refractivity contribution is -0.122. The average Bonchev–Trinajstić information content (AvgIpc) is 3.03. The van der Waals surface area contributed by atoms with Gasteiger partial charge in [-0.3, -0.25) is 4.79 Å². The maximum absolute atomic E-state index is 12.7. The van der Waals surface area contributed by atoms with Gasteiger partial charge in [-0.1, -0.05) is 37.6 Å². The second kappa shape index (κ2) is 9.49. The van der Waals surface area contributed by atoms with Crippen molar-refractivity contribution in [3.63, 3.8) is 0 Å². The first-order chi connectivity index (χ1) is 14.2. The molecular weight excluding hydrogens is 400 g/mol. The van der Waals surface area contributed by atoms with E-state index in [1.807, 2.05) is 55.1 Å². The molecule has 1 heterocycles. The number of amides is 1. The first kappa shape index (κ1) is 22.1. The lowest BCUT2D eigenvalue weighted by Crippen LogP contribution is -2.41. The topological polar surface area (TPSA) is 59.4 Å². The first-order valence-corrected chi connectivity index (χ1v) is 10.4. The SMILES string of the molecule is CN(C)CC(C)(C)CNC(=O)Cn1c(COc2ccc(Cl)cc2)nc2ccccc21. The van der Waals surface area contributed by atoms with Crippen LogP contribution >= 0.6 is 11.6 Å². The Bertz CT molecular complexity index is 996. The van der Waals surface area contributed by atoms with Gasteiger partial charge in [0.05, 0.1) is 11.0 Å². The number of halogens is 1. The minimum absolute atomic E-state index is 0.0172. The van der Waals surface area contributed by atoms with E-state index in [0.29, 0.717) is 23.1 Å². The van der Waals surface area contributed by atoms with Gasteiger partial charge in [0.25, 0.3) is 0 Å². The summed E-state index contributed by atoms with van der Waals surface area (Å²) < 4.78 is 7.79. The van der Waals surface area contributed by atoms with Crippen molar-refractivity contribution < 1.29 is 9.53 Å². The number of rotatable bonds is 9. The van der Waals surface area contributed by atoms with Crippen molar-refractivity contribution >= 4 is 28.5 Å². The number of hydrogen-bond acceptors (Lipinski definition) is 4. The fourth-order valence-corrected chi connectivity index (χ4v) is 3.67. The molecule has 0 aliphatic carbocycles. The van der Waals surface area contributed by atoms with E-state index in [4.69, 9.17) is 16.3 Å². The standard InChI is InChI=1S/C23H29ClN4O2/c1-23(2,16-27(3)4)15-25-22(29)13-28-20-8-6-5-7-19(20)26-21(28)14-30-18-11-9-17(24)10-12-18/h5-12H,13-16H2,1-4H3,(H,25,29). The van der Waals surface area contributed by atoms with Crippen LogP contribution in [0, 0.1) is 5.41 Å². The number of fused-ring (bicyclic) bond motifs is 1. The molecule has 1 aromatic heterocycles. The van der Waals surface area contributed by atoms with E-state index in [1.165, 1.54) is 0 Å². The molecule has 0 saturated carbocycles. The highest BCUT2D eigenvalue weighted by Crippen LogP contribution is 2.20. The number of nitrogens with one attached hydrogen (secondary N) is 1. The number of benzene rings is 2. The normalized spacial score (nSPS) is 11.8. The van der Waals surface area contributed by atoms with Crippen LogP contribution in [0.25, 0.3) is 11.0 Å². The molecule has 0 unspecified atom stereocenters. The number of carbonyl (C=O) groups excluding carboxylic acids is 1. The number of aromatic nitrogens is 2. The smallest absolute Gasteiger partial charge is 0.240 e. The highest BCUT2D eigenvalue weighted by atomic mass is 35.5. The maximum atomic E-state index is 12.7. The zero-order valence-corrected chi connectivity index (χ0v) is 18.7. The van der Waals surface area contributed by atoms with Crippen LogP contribution in [-0.2, 0) is 17.9 Å². The molecule has 0 bridgehead atoms. The van der Waals surface area contributed by atoms with E-state index in [2.05, 4.69) is 29.0 Å². The molecule has 0 fully saturated rings. The maximum Gasteiger partial charge on any atom is 0.240 e. The van der Waals surface area contributed by atoms with Gasteiger partial charge in [0.15, 0.2) is 0 Å². The fraction of sp³-hybridized carbons (Fsp3) is 0.391. The molecule has 0 atom stereocenters. The zero-order chi connectivity index (χ0) is 21.7. The molecule has 3 rings (SSSR count). The number of imidazole rings is 1. The second-order valence-electron chi connectivity index (χ2n) is 8.52. The molecule has 6 nitrogen and oxygen atoms in total. The molecule has 7 heteroatoms. The Morgan fingerprint density at radius 2 is 1.87 bits per heavy atom. The van der Waals surface area contributed by atoms with E-state index in [0.717, 1.165) is 17.6 Å². The minimum atomic E-state index is -0.0438. The number of carbonyl (C=O) groups is 1. The summed E-state index contributed by atoms with van der Waals surface area (Å²) in [6.07, 6.45) is 0. The van der Waals surface area contributed by atoms with Crippen molar-refractivity contribution in [2.75, 3.05) is 27.2 Å². The summed E-state index contributed by atoms with van der Waals surface area (Å²) in [5.41, 5.74) is 1.74. The Balaban J connectivity index is 1.72. The van der Waals surface area contributed by atoms with Crippen LogP contribution in [0.15, 0.2) is 48.5 Å². The molecule has 160 valence electrons. The fourth-order valence-electron chi connectivity index (χ4n) is 3.54. The summed E-state index contributed by atoms with van der Waals surface area (Å²) in [6.45, 7) is 6.23. The Morgan fingerprint density at radius 1 is 1.17 bits per heavy atom. The Kier molecular flexibility index (Phi) is 7.00. The quantitative estimate of drug-likeness (QED) is 0.560. The Hall–Kier alpha value is -2.57. The largest absolute Gasteiger partial charge is 0.486 e. The van der Waals surface area contributed by atoms with Gasteiger partial charge in [0.1, 0.15) is 24.7 Å². The monoisotopic (exact) mass is 428 g/mol. The van der Waals surface area contributed by atoms with Gasteiger partial charge in [0, 0.05) is 18.1 Å². The van der Waals surface area contributed by atoms with E-state index in [-0.39, 0.29) is 24.5 Å². The van der Waals surface area contributed by atoms with E-state index >= 15 is 0 Å². The first-order valence-electron chi connectivity index (χ1n) is 9.97. The van der Waals surface area contributed by atoms with Crippen LogP contribution in [-0.4, -0.2) is 47.5 Å².